The second-order valence-corrected chi connectivity index (χ2v) is 5.61. The van der Waals surface area contributed by atoms with Crippen molar-refractivity contribution in [2.75, 3.05) is 7.11 Å². The normalized spacial score (nSPS) is 11.8. The molecule has 0 heterocycles. The lowest BCUT2D eigenvalue weighted by Gasteiger charge is -2.15. The molecule has 1 N–H and O–H groups in total. The number of hydrogen-bond donors (Lipinski definition) is 1. The van der Waals surface area contributed by atoms with E-state index < -0.39 is 0 Å². The van der Waals surface area contributed by atoms with Crippen LogP contribution in [0.2, 0.25) is 0 Å². The molecule has 0 spiro atoms. The number of halogens is 1. The summed E-state index contributed by atoms with van der Waals surface area (Å²) >= 11 is 2.17. The van der Waals surface area contributed by atoms with Gasteiger partial charge in [-0.2, -0.15) is 0 Å². The van der Waals surface area contributed by atoms with Gasteiger partial charge in [-0.05, 0) is 59.3 Å². The van der Waals surface area contributed by atoms with E-state index in [2.05, 4.69) is 27.9 Å². The first-order valence-electron chi connectivity index (χ1n) is 6.31. The van der Waals surface area contributed by atoms with Gasteiger partial charge in [-0.15, -0.1) is 0 Å². The van der Waals surface area contributed by atoms with Gasteiger partial charge in [0.25, 0.3) is 5.91 Å². The van der Waals surface area contributed by atoms with E-state index in [1.54, 1.807) is 7.11 Å². The quantitative estimate of drug-likeness (QED) is 0.819. The molecule has 1 amide bonds. The summed E-state index contributed by atoms with van der Waals surface area (Å²) in [7, 11) is 1.64. The van der Waals surface area contributed by atoms with E-state index in [9.17, 15) is 4.79 Å². The summed E-state index contributed by atoms with van der Waals surface area (Å²) in [5.74, 6) is 0.753. The van der Waals surface area contributed by atoms with Crippen LogP contribution in [0.15, 0.2) is 48.5 Å². The number of nitrogens with one attached hydrogen (secondary N) is 1. The zero-order chi connectivity index (χ0) is 14.5. The van der Waals surface area contributed by atoms with E-state index in [1.807, 2.05) is 55.5 Å². The maximum absolute atomic E-state index is 12.2. The van der Waals surface area contributed by atoms with Crippen LogP contribution >= 0.6 is 22.6 Å². The first kappa shape index (κ1) is 14.8. The molecule has 4 heteroatoms. The highest BCUT2D eigenvalue weighted by Gasteiger charge is 2.13. The van der Waals surface area contributed by atoms with E-state index in [0.29, 0.717) is 5.56 Å². The minimum atomic E-state index is -0.0571. The van der Waals surface area contributed by atoms with Crippen LogP contribution in [0.3, 0.4) is 0 Å². The van der Waals surface area contributed by atoms with Gasteiger partial charge in [0.2, 0.25) is 0 Å². The van der Waals surface area contributed by atoms with Crippen molar-refractivity contribution in [1.82, 2.24) is 5.32 Å². The van der Waals surface area contributed by atoms with E-state index in [-0.39, 0.29) is 11.9 Å². The summed E-state index contributed by atoms with van der Waals surface area (Å²) in [5.41, 5.74) is 1.75. The fraction of sp³-hybridized carbons (Fsp3) is 0.188. The van der Waals surface area contributed by atoms with Crippen molar-refractivity contribution in [2.24, 2.45) is 0 Å². The largest absolute Gasteiger partial charge is 0.497 e. The van der Waals surface area contributed by atoms with Gasteiger partial charge in [-0.25, -0.2) is 0 Å². The molecule has 0 aliphatic carbocycles. The minimum absolute atomic E-state index is 0.0515. The molecule has 0 aliphatic rings. The molecule has 0 bridgehead atoms. The van der Waals surface area contributed by atoms with Crippen molar-refractivity contribution in [2.45, 2.75) is 13.0 Å². The fourth-order valence-electron chi connectivity index (χ4n) is 1.90. The number of ether oxygens (including phenoxy) is 1. The smallest absolute Gasteiger partial charge is 0.252 e. The predicted molar refractivity (Wildman–Crippen MR) is 88.0 cm³/mol. The van der Waals surface area contributed by atoms with Crippen LogP contribution in [0.25, 0.3) is 0 Å². The molecule has 0 fully saturated rings. The molecular weight excluding hydrogens is 365 g/mol. The van der Waals surface area contributed by atoms with Crippen molar-refractivity contribution in [1.29, 1.82) is 0 Å². The Morgan fingerprint density at radius 3 is 2.40 bits per heavy atom. The third-order valence-electron chi connectivity index (χ3n) is 3.08. The Balaban J connectivity index is 2.09. The van der Waals surface area contributed by atoms with Crippen LogP contribution in [-0.2, 0) is 0 Å². The highest BCUT2D eigenvalue weighted by molar-refractivity contribution is 14.1. The Labute approximate surface area is 132 Å². The first-order valence-corrected chi connectivity index (χ1v) is 7.39. The lowest BCUT2D eigenvalue weighted by Crippen LogP contribution is -2.27. The SMILES string of the molecule is COc1ccc(C(C)NC(=O)c2ccccc2I)cc1. The van der Waals surface area contributed by atoms with Gasteiger partial charge in [0.1, 0.15) is 5.75 Å². The number of carbonyl (C=O) groups is 1. The van der Waals surface area contributed by atoms with Gasteiger partial charge in [0, 0.05) is 3.57 Å². The number of benzene rings is 2. The first-order chi connectivity index (χ1) is 9.61. The molecule has 2 aromatic rings. The van der Waals surface area contributed by atoms with Gasteiger partial charge in [0.05, 0.1) is 18.7 Å². The molecule has 0 saturated carbocycles. The second kappa shape index (κ2) is 6.74. The molecule has 0 aliphatic heterocycles. The van der Waals surface area contributed by atoms with Gasteiger partial charge in [-0.3, -0.25) is 4.79 Å². The highest BCUT2D eigenvalue weighted by atomic mass is 127. The molecule has 2 rings (SSSR count). The molecule has 104 valence electrons. The highest BCUT2D eigenvalue weighted by Crippen LogP contribution is 2.18. The van der Waals surface area contributed by atoms with Crippen molar-refractivity contribution in [3.8, 4) is 5.75 Å². The maximum Gasteiger partial charge on any atom is 0.252 e. The van der Waals surface area contributed by atoms with E-state index in [0.717, 1.165) is 14.9 Å². The molecule has 2 aromatic carbocycles. The number of amides is 1. The number of methoxy groups -OCH3 is 1. The molecule has 0 saturated heterocycles. The van der Waals surface area contributed by atoms with Gasteiger partial charge in [0.15, 0.2) is 0 Å². The van der Waals surface area contributed by atoms with Crippen LogP contribution in [0.4, 0.5) is 0 Å². The van der Waals surface area contributed by atoms with E-state index in [1.165, 1.54) is 0 Å². The van der Waals surface area contributed by atoms with E-state index in [4.69, 9.17) is 4.74 Å². The maximum atomic E-state index is 12.2. The summed E-state index contributed by atoms with van der Waals surface area (Å²) in [5, 5.41) is 3.01. The number of carbonyl (C=O) groups excluding carboxylic acids is 1. The van der Waals surface area contributed by atoms with Crippen LogP contribution in [0.5, 0.6) is 5.75 Å². The molecule has 1 unspecified atom stereocenters. The van der Waals surface area contributed by atoms with Crippen molar-refractivity contribution in [3.63, 3.8) is 0 Å². The predicted octanol–water partition coefficient (Wildman–Crippen LogP) is 3.79. The van der Waals surface area contributed by atoms with Crippen LogP contribution < -0.4 is 10.1 Å². The Morgan fingerprint density at radius 1 is 1.15 bits per heavy atom. The Kier molecular flexibility index (Phi) is 5.00. The third-order valence-corrected chi connectivity index (χ3v) is 4.02. The third kappa shape index (κ3) is 3.50. The summed E-state index contributed by atoms with van der Waals surface area (Å²) in [4.78, 5) is 12.2. The summed E-state index contributed by atoms with van der Waals surface area (Å²) in [6.45, 7) is 1.97. The summed E-state index contributed by atoms with van der Waals surface area (Å²) < 4.78 is 6.08. The van der Waals surface area contributed by atoms with Gasteiger partial charge < -0.3 is 10.1 Å². The number of rotatable bonds is 4. The van der Waals surface area contributed by atoms with E-state index >= 15 is 0 Å². The Bertz CT molecular complexity index is 596. The average Bonchev–Trinajstić information content (AvgIpc) is 2.47. The average molecular weight is 381 g/mol. The lowest BCUT2D eigenvalue weighted by atomic mass is 10.1. The fourth-order valence-corrected chi connectivity index (χ4v) is 2.53. The topological polar surface area (TPSA) is 38.3 Å². The number of hydrogen-bond acceptors (Lipinski definition) is 2. The summed E-state index contributed by atoms with van der Waals surface area (Å²) in [6, 6.07) is 15.2. The lowest BCUT2D eigenvalue weighted by molar-refractivity contribution is 0.0939. The standard InChI is InChI=1S/C16H16INO2/c1-11(12-7-9-13(20-2)10-8-12)18-16(19)14-5-3-4-6-15(14)17/h3-11H,1-2H3,(H,18,19). The Morgan fingerprint density at radius 2 is 1.80 bits per heavy atom. The molecule has 0 aromatic heterocycles. The zero-order valence-electron chi connectivity index (χ0n) is 11.4. The molecule has 3 nitrogen and oxygen atoms in total. The molecule has 0 radical (unpaired) electrons. The molecule has 1 atom stereocenters. The van der Waals surface area contributed by atoms with Crippen LogP contribution in [0, 0.1) is 3.57 Å². The van der Waals surface area contributed by atoms with Crippen molar-refractivity contribution >= 4 is 28.5 Å². The monoisotopic (exact) mass is 381 g/mol. The van der Waals surface area contributed by atoms with Gasteiger partial charge >= 0.3 is 0 Å². The second-order valence-electron chi connectivity index (χ2n) is 4.45. The Hall–Kier alpha value is -1.56. The van der Waals surface area contributed by atoms with Crippen molar-refractivity contribution in [3.05, 3.63) is 63.2 Å². The molecule has 20 heavy (non-hydrogen) atoms. The zero-order valence-corrected chi connectivity index (χ0v) is 13.5. The summed E-state index contributed by atoms with van der Waals surface area (Å²) in [6.07, 6.45) is 0. The van der Waals surface area contributed by atoms with Crippen LogP contribution in [0.1, 0.15) is 28.9 Å². The van der Waals surface area contributed by atoms with Crippen LogP contribution in [-0.4, -0.2) is 13.0 Å². The van der Waals surface area contributed by atoms with Crippen molar-refractivity contribution < 1.29 is 9.53 Å². The van der Waals surface area contributed by atoms with Gasteiger partial charge in [-0.1, -0.05) is 24.3 Å². The minimum Gasteiger partial charge on any atom is -0.497 e. The molecular formula is C16H16INO2.